The Kier molecular flexibility index (Phi) is 3.12. The van der Waals surface area contributed by atoms with E-state index in [0.29, 0.717) is 12.8 Å². The van der Waals surface area contributed by atoms with Crippen molar-refractivity contribution in [2.24, 2.45) is 13.0 Å². The Labute approximate surface area is 98.7 Å². The van der Waals surface area contributed by atoms with E-state index in [1.54, 1.807) is 6.33 Å². The Morgan fingerprint density at radius 3 is 3.06 bits per heavy atom. The number of hydrogen-bond acceptors (Lipinski definition) is 3. The fraction of sp³-hybridized carbons (Fsp3) is 0.545. The van der Waals surface area contributed by atoms with Crippen LogP contribution < -0.4 is 5.32 Å². The van der Waals surface area contributed by atoms with Gasteiger partial charge in [0.1, 0.15) is 0 Å². The molecule has 0 spiro atoms. The molecule has 6 nitrogen and oxygen atoms in total. The highest BCUT2D eigenvalue weighted by Crippen LogP contribution is 2.32. The zero-order valence-electron chi connectivity index (χ0n) is 9.59. The molecule has 0 saturated carbocycles. The van der Waals surface area contributed by atoms with Crippen LogP contribution in [-0.4, -0.2) is 26.5 Å². The van der Waals surface area contributed by atoms with E-state index in [-0.39, 0.29) is 24.3 Å². The van der Waals surface area contributed by atoms with Crippen molar-refractivity contribution < 1.29 is 14.7 Å². The zero-order valence-corrected chi connectivity index (χ0v) is 9.59. The number of imidazole rings is 1. The monoisotopic (exact) mass is 237 g/mol. The Balaban J connectivity index is 2.08. The van der Waals surface area contributed by atoms with Crippen molar-refractivity contribution >= 4 is 11.9 Å². The third-order valence-electron chi connectivity index (χ3n) is 3.01. The highest BCUT2D eigenvalue weighted by Gasteiger charge is 2.34. The van der Waals surface area contributed by atoms with Gasteiger partial charge in [-0.1, -0.05) is 0 Å². The molecule has 2 rings (SSSR count). The first-order chi connectivity index (χ1) is 8.06. The molecule has 0 aliphatic carbocycles. The molecule has 0 radical (unpaired) electrons. The number of aryl methyl sites for hydroxylation is 1. The smallest absolute Gasteiger partial charge is 0.303 e. The highest BCUT2D eigenvalue weighted by molar-refractivity contribution is 5.79. The van der Waals surface area contributed by atoms with Crippen molar-refractivity contribution in [1.82, 2.24) is 14.9 Å². The molecule has 0 aromatic carbocycles. The van der Waals surface area contributed by atoms with E-state index < -0.39 is 5.97 Å². The molecule has 1 saturated heterocycles. The van der Waals surface area contributed by atoms with Gasteiger partial charge in [0.05, 0.1) is 18.1 Å². The summed E-state index contributed by atoms with van der Waals surface area (Å²) < 4.78 is 1.81. The van der Waals surface area contributed by atoms with Crippen molar-refractivity contribution in [2.75, 3.05) is 0 Å². The van der Waals surface area contributed by atoms with E-state index in [2.05, 4.69) is 10.3 Å². The maximum atomic E-state index is 11.4. The van der Waals surface area contributed by atoms with Crippen molar-refractivity contribution in [3.05, 3.63) is 18.2 Å². The van der Waals surface area contributed by atoms with Gasteiger partial charge >= 0.3 is 5.97 Å². The van der Waals surface area contributed by atoms with E-state index in [4.69, 9.17) is 5.11 Å². The first kappa shape index (κ1) is 11.6. The second-order valence-electron chi connectivity index (χ2n) is 4.41. The van der Waals surface area contributed by atoms with Gasteiger partial charge in [0, 0.05) is 26.1 Å². The molecular weight excluding hydrogens is 222 g/mol. The Morgan fingerprint density at radius 1 is 1.71 bits per heavy atom. The number of carbonyl (C=O) groups is 2. The summed E-state index contributed by atoms with van der Waals surface area (Å²) in [7, 11) is 1.86. The number of rotatable bonds is 4. The number of nitrogens with one attached hydrogen (secondary N) is 1. The number of aliphatic carboxylic acids is 1. The largest absolute Gasteiger partial charge is 0.481 e. The molecule has 2 heterocycles. The molecule has 1 aliphatic heterocycles. The molecule has 1 aromatic heterocycles. The molecule has 1 aliphatic rings. The van der Waals surface area contributed by atoms with Crippen LogP contribution in [-0.2, 0) is 16.6 Å². The molecule has 1 amide bonds. The number of carboxylic acid groups (broad SMARTS) is 1. The first-order valence-electron chi connectivity index (χ1n) is 5.55. The number of nitrogens with zero attached hydrogens (tertiary/aromatic N) is 2. The van der Waals surface area contributed by atoms with Crippen LogP contribution in [0.5, 0.6) is 0 Å². The van der Waals surface area contributed by atoms with Gasteiger partial charge in [-0.2, -0.15) is 0 Å². The van der Waals surface area contributed by atoms with Gasteiger partial charge in [-0.3, -0.25) is 9.59 Å². The van der Waals surface area contributed by atoms with Gasteiger partial charge in [-0.25, -0.2) is 4.98 Å². The van der Waals surface area contributed by atoms with Gasteiger partial charge in [-0.05, 0) is 12.3 Å². The van der Waals surface area contributed by atoms with Gasteiger partial charge < -0.3 is 15.0 Å². The molecule has 0 bridgehead atoms. The SMILES string of the molecule is Cn1cnc(C2NC(=O)CC2CCC(=O)O)c1. The number of amides is 1. The lowest BCUT2D eigenvalue weighted by molar-refractivity contribution is -0.137. The van der Waals surface area contributed by atoms with Crippen LogP contribution in [0.4, 0.5) is 0 Å². The van der Waals surface area contributed by atoms with Crippen LogP contribution >= 0.6 is 0 Å². The quantitative estimate of drug-likeness (QED) is 0.796. The fourth-order valence-electron chi connectivity index (χ4n) is 2.19. The van der Waals surface area contributed by atoms with Crippen molar-refractivity contribution in [1.29, 1.82) is 0 Å². The minimum Gasteiger partial charge on any atom is -0.481 e. The molecule has 92 valence electrons. The lowest BCUT2D eigenvalue weighted by atomic mass is 9.93. The van der Waals surface area contributed by atoms with Crippen LogP contribution in [0.2, 0.25) is 0 Å². The summed E-state index contributed by atoms with van der Waals surface area (Å²) in [6.07, 6.45) is 4.49. The second-order valence-corrected chi connectivity index (χ2v) is 4.41. The molecule has 1 fully saturated rings. The number of aromatic nitrogens is 2. The van der Waals surface area contributed by atoms with Gasteiger partial charge in [0.25, 0.3) is 0 Å². The van der Waals surface area contributed by atoms with E-state index >= 15 is 0 Å². The van der Waals surface area contributed by atoms with Crippen LogP contribution in [0.1, 0.15) is 31.0 Å². The second kappa shape index (κ2) is 4.57. The third kappa shape index (κ3) is 2.64. The predicted molar refractivity (Wildman–Crippen MR) is 59.1 cm³/mol. The van der Waals surface area contributed by atoms with Crippen molar-refractivity contribution in [2.45, 2.75) is 25.3 Å². The highest BCUT2D eigenvalue weighted by atomic mass is 16.4. The van der Waals surface area contributed by atoms with Crippen LogP contribution in [0.15, 0.2) is 12.5 Å². The van der Waals surface area contributed by atoms with Gasteiger partial charge in [-0.15, -0.1) is 0 Å². The lowest BCUT2D eigenvalue weighted by Gasteiger charge is -2.15. The molecule has 6 heteroatoms. The molecule has 2 N–H and O–H groups in total. The summed E-state index contributed by atoms with van der Waals surface area (Å²) in [5.41, 5.74) is 0.800. The van der Waals surface area contributed by atoms with Crippen molar-refractivity contribution in [3.63, 3.8) is 0 Å². The summed E-state index contributed by atoms with van der Waals surface area (Å²) in [6, 6.07) is -0.150. The maximum Gasteiger partial charge on any atom is 0.303 e. The lowest BCUT2D eigenvalue weighted by Crippen LogP contribution is -2.21. The number of carboxylic acids is 1. The van der Waals surface area contributed by atoms with E-state index in [1.165, 1.54) is 0 Å². The minimum atomic E-state index is -0.830. The average molecular weight is 237 g/mol. The summed E-state index contributed by atoms with van der Waals surface area (Å²) in [5, 5.41) is 11.5. The molecule has 1 aromatic rings. The third-order valence-corrected chi connectivity index (χ3v) is 3.01. The molecule has 17 heavy (non-hydrogen) atoms. The molecule has 2 unspecified atom stereocenters. The van der Waals surface area contributed by atoms with E-state index in [9.17, 15) is 9.59 Å². The van der Waals surface area contributed by atoms with E-state index in [0.717, 1.165) is 5.69 Å². The summed E-state index contributed by atoms with van der Waals surface area (Å²) in [6.45, 7) is 0. The zero-order chi connectivity index (χ0) is 12.4. The Morgan fingerprint density at radius 2 is 2.47 bits per heavy atom. The van der Waals surface area contributed by atoms with Gasteiger partial charge in [0.15, 0.2) is 0 Å². The topological polar surface area (TPSA) is 84.2 Å². The number of hydrogen-bond donors (Lipinski definition) is 2. The summed E-state index contributed by atoms with van der Waals surface area (Å²) in [5.74, 6) is -0.839. The minimum absolute atomic E-state index is 0.0218. The average Bonchev–Trinajstić information content (AvgIpc) is 2.81. The Bertz CT molecular complexity index is 441. The summed E-state index contributed by atoms with van der Waals surface area (Å²) in [4.78, 5) is 26.2. The molecule has 2 atom stereocenters. The maximum absolute atomic E-state index is 11.4. The fourth-order valence-corrected chi connectivity index (χ4v) is 2.19. The van der Waals surface area contributed by atoms with Crippen LogP contribution in [0.25, 0.3) is 0 Å². The first-order valence-corrected chi connectivity index (χ1v) is 5.55. The number of carbonyl (C=O) groups excluding carboxylic acids is 1. The standard InChI is InChI=1S/C11H15N3O3/c1-14-5-8(12-6-14)11-7(2-3-10(16)17)4-9(15)13-11/h5-7,11H,2-4H2,1H3,(H,13,15)(H,16,17). The molecular formula is C11H15N3O3. The summed E-state index contributed by atoms with van der Waals surface area (Å²) >= 11 is 0. The van der Waals surface area contributed by atoms with E-state index in [1.807, 2.05) is 17.8 Å². The predicted octanol–water partition coefficient (Wildman–Crippen LogP) is 0.462. The van der Waals surface area contributed by atoms with Gasteiger partial charge in [0.2, 0.25) is 5.91 Å². The normalized spacial score (nSPS) is 23.7. The Hall–Kier alpha value is -1.85. The van der Waals surface area contributed by atoms with Crippen LogP contribution in [0.3, 0.4) is 0 Å². The van der Waals surface area contributed by atoms with Crippen molar-refractivity contribution in [3.8, 4) is 0 Å². The van der Waals surface area contributed by atoms with Crippen LogP contribution in [0, 0.1) is 5.92 Å².